The molecular formula is C44H42Cl2N10O5S2. The van der Waals surface area contributed by atoms with Gasteiger partial charge in [0.25, 0.3) is 5.91 Å². The number of aromatic nitrogens is 8. The first-order chi connectivity index (χ1) is 30.0. The van der Waals surface area contributed by atoms with Crippen LogP contribution in [0.5, 0.6) is 0 Å². The summed E-state index contributed by atoms with van der Waals surface area (Å²) in [5.74, 6) is 0.129. The molecule has 2 aromatic carbocycles. The smallest absolute Gasteiger partial charge is 0.354 e. The van der Waals surface area contributed by atoms with Gasteiger partial charge in [0.2, 0.25) is 23.4 Å². The van der Waals surface area contributed by atoms with Gasteiger partial charge in [0.05, 0.1) is 11.4 Å². The molecule has 6 aromatic heterocycles. The molecule has 0 aliphatic carbocycles. The molecular weight excluding hydrogens is 884 g/mol. The van der Waals surface area contributed by atoms with E-state index in [-0.39, 0.29) is 33.9 Å². The molecule has 0 atom stereocenters. The zero-order valence-electron chi connectivity index (χ0n) is 35.0. The van der Waals surface area contributed by atoms with Crippen LogP contribution in [0.3, 0.4) is 0 Å². The fourth-order valence-corrected chi connectivity index (χ4v) is 7.57. The lowest BCUT2D eigenvalue weighted by Crippen LogP contribution is -2.37. The van der Waals surface area contributed by atoms with Gasteiger partial charge in [-0.1, -0.05) is 97.6 Å². The summed E-state index contributed by atoms with van der Waals surface area (Å²) in [5, 5.41) is 26.7. The lowest BCUT2D eigenvalue weighted by Gasteiger charge is -2.22. The van der Waals surface area contributed by atoms with E-state index in [1.165, 1.54) is 6.07 Å². The number of carboxylic acid groups (broad SMARTS) is 1. The molecule has 0 fully saturated rings. The minimum absolute atomic E-state index is 0.0463. The number of aromatic carboxylic acids is 1. The van der Waals surface area contributed by atoms with E-state index in [0.29, 0.717) is 47.1 Å². The zero-order chi connectivity index (χ0) is 45.3. The molecule has 0 aliphatic rings. The SMILES string of the molecule is CC(C)(CN)c1nc(-c2ccc(Cl)cc2)cs1.Cc1nc(-c2cccc(C(=O)NCC(C)(C)c3nc(-c4ccc(Cl)cc4)cs3)n2)no1.Cc1nc(-c2cccc(C(=O)O)n2)no1. The Hall–Kier alpha value is -6.24. The van der Waals surface area contributed by atoms with Crippen molar-refractivity contribution in [3.63, 3.8) is 0 Å². The number of rotatable bonds is 11. The largest absolute Gasteiger partial charge is 0.477 e. The number of halogens is 2. The van der Waals surface area contributed by atoms with Gasteiger partial charge in [-0.2, -0.15) is 9.97 Å². The van der Waals surface area contributed by atoms with Gasteiger partial charge in [-0.25, -0.2) is 24.7 Å². The highest BCUT2D eigenvalue weighted by atomic mass is 35.5. The predicted octanol–water partition coefficient (Wildman–Crippen LogP) is 9.76. The zero-order valence-corrected chi connectivity index (χ0v) is 38.1. The molecule has 0 unspecified atom stereocenters. The molecule has 0 bridgehead atoms. The van der Waals surface area contributed by atoms with Crippen molar-refractivity contribution in [2.75, 3.05) is 13.1 Å². The van der Waals surface area contributed by atoms with Crippen LogP contribution < -0.4 is 11.1 Å². The van der Waals surface area contributed by atoms with Crippen molar-refractivity contribution in [1.82, 2.24) is 45.5 Å². The van der Waals surface area contributed by atoms with E-state index in [1.807, 2.05) is 67.8 Å². The van der Waals surface area contributed by atoms with Crippen LogP contribution in [0.1, 0.15) is 70.5 Å². The summed E-state index contributed by atoms with van der Waals surface area (Å²) in [6, 6.07) is 25.0. The number of carbonyl (C=O) groups excluding carboxylic acids is 1. The number of nitrogens with zero attached hydrogens (tertiary/aromatic N) is 8. The first kappa shape index (κ1) is 46.3. The summed E-state index contributed by atoms with van der Waals surface area (Å²) in [4.78, 5) is 49.1. The third-order valence-electron chi connectivity index (χ3n) is 9.11. The van der Waals surface area contributed by atoms with Crippen LogP contribution >= 0.6 is 45.9 Å². The van der Waals surface area contributed by atoms with Crippen LogP contribution in [0.15, 0.2) is 105 Å². The van der Waals surface area contributed by atoms with Crippen molar-refractivity contribution in [2.24, 2.45) is 5.73 Å². The quantitative estimate of drug-likeness (QED) is 0.110. The maximum absolute atomic E-state index is 12.7. The highest BCUT2D eigenvalue weighted by Crippen LogP contribution is 2.32. The Morgan fingerprint density at radius 2 is 1.08 bits per heavy atom. The van der Waals surface area contributed by atoms with Crippen molar-refractivity contribution in [2.45, 2.75) is 52.4 Å². The topological polar surface area (TPSA) is 222 Å². The van der Waals surface area contributed by atoms with E-state index in [0.717, 1.165) is 37.6 Å². The number of aryl methyl sites for hydroxylation is 2. The Bertz CT molecular complexity index is 2800. The standard InChI is InChI=1S/C22H20ClN5O2S.C13H15ClN2S.C9H7N3O3/c1-13-25-19(28-30-13)16-5-4-6-17(26-16)20(29)24-12-22(2,3)21-27-18(11-31-21)14-7-9-15(23)10-8-14;1-13(2,8-15)12-16-11(7-17-12)9-3-5-10(14)6-4-9;1-5-10-8(12-15-5)6-3-2-4-7(11-6)9(13)14/h4-11H,12H2,1-3H3,(H,24,29);3-7H,8,15H2,1-2H3;2-4H,1H3,(H,13,14). The molecule has 19 heteroatoms. The van der Waals surface area contributed by atoms with Crippen LogP contribution in [0.25, 0.3) is 45.6 Å². The molecule has 324 valence electrons. The molecule has 15 nitrogen and oxygen atoms in total. The average molecular weight is 926 g/mol. The predicted molar refractivity (Wildman–Crippen MR) is 244 cm³/mol. The van der Waals surface area contributed by atoms with Gasteiger partial charge in [0.1, 0.15) is 32.8 Å². The second-order valence-electron chi connectivity index (χ2n) is 15.1. The number of thiazole rings is 2. The molecule has 0 spiro atoms. The molecule has 63 heavy (non-hydrogen) atoms. The first-order valence-electron chi connectivity index (χ1n) is 19.2. The fourth-order valence-electron chi connectivity index (χ4n) is 5.40. The number of hydrogen-bond acceptors (Lipinski definition) is 15. The van der Waals surface area contributed by atoms with Gasteiger partial charge in [-0.3, -0.25) is 4.79 Å². The van der Waals surface area contributed by atoms with E-state index in [9.17, 15) is 9.59 Å². The van der Waals surface area contributed by atoms with Crippen molar-refractivity contribution < 1.29 is 23.7 Å². The monoisotopic (exact) mass is 924 g/mol. The van der Waals surface area contributed by atoms with Crippen molar-refractivity contribution >= 4 is 57.8 Å². The van der Waals surface area contributed by atoms with Gasteiger partial charge in [0, 0.05) is 69.7 Å². The van der Waals surface area contributed by atoms with Crippen molar-refractivity contribution in [1.29, 1.82) is 0 Å². The van der Waals surface area contributed by atoms with Crippen LogP contribution in [0.4, 0.5) is 0 Å². The first-order valence-corrected chi connectivity index (χ1v) is 21.7. The molecule has 6 heterocycles. The maximum atomic E-state index is 12.7. The summed E-state index contributed by atoms with van der Waals surface area (Å²) in [7, 11) is 0. The van der Waals surface area contributed by atoms with E-state index >= 15 is 0 Å². The molecule has 8 rings (SSSR count). The number of nitrogens with two attached hydrogens (primary N) is 1. The highest BCUT2D eigenvalue weighted by Gasteiger charge is 2.26. The van der Waals surface area contributed by atoms with Gasteiger partial charge in [0.15, 0.2) is 0 Å². The van der Waals surface area contributed by atoms with E-state index in [2.05, 4.69) is 59.8 Å². The Labute approximate surface area is 380 Å². The van der Waals surface area contributed by atoms with E-state index in [1.54, 1.807) is 66.9 Å². The third-order valence-corrected chi connectivity index (χ3v) is 12.0. The van der Waals surface area contributed by atoms with E-state index < -0.39 is 5.97 Å². The Kier molecular flexibility index (Phi) is 14.9. The fraction of sp³-hybridized carbons (Fsp3) is 0.227. The summed E-state index contributed by atoms with van der Waals surface area (Å²) < 4.78 is 9.76. The summed E-state index contributed by atoms with van der Waals surface area (Å²) in [6.07, 6.45) is 0. The lowest BCUT2D eigenvalue weighted by molar-refractivity contribution is 0.0690. The second kappa shape index (κ2) is 20.3. The molecule has 0 saturated carbocycles. The lowest BCUT2D eigenvalue weighted by atomic mass is 9.94. The van der Waals surface area contributed by atoms with Gasteiger partial charge in [-0.15, -0.1) is 22.7 Å². The van der Waals surface area contributed by atoms with Crippen molar-refractivity contribution in [3.8, 4) is 45.6 Å². The number of hydrogen-bond donors (Lipinski definition) is 3. The minimum atomic E-state index is -1.09. The molecule has 1 amide bonds. The number of amides is 1. The minimum Gasteiger partial charge on any atom is -0.477 e. The maximum Gasteiger partial charge on any atom is 0.354 e. The molecule has 0 radical (unpaired) electrons. The summed E-state index contributed by atoms with van der Waals surface area (Å²) in [5.41, 5.74) is 10.4. The van der Waals surface area contributed by atoms with Crippen LogP contribution in [-0.4, -0.2) is 70.3 Å². The Morgan fingerprint density at radius 1 is 0.635 bits per heavy atom. The molecule has 0 aliphatic heterocycles. The number of pyridine rings is 2. The average Bonchev–Trinajstić information content (AvgIpc) is 4.13. The third kappa shape index (κ3) is 12.2. The summed E-state index contributed by atoms with van der Waals surface area (Å²) in [6.45, 7) is 12.7. The van der Waals surface area contributed by atoms with Crippen molar-refractivity contribution in [3.05, 3.63) is 139 Å². The number of carbonyl (C=O) groups is 2. The highest BCUT2D eigenvalue weighted by molar-refractivity contribution is 7.10. The van der Waals surface area contributed by atoms with Crippen LogP contribution in [0.2, 0.25) is 10.0 Å². The number of nitrogens with one attached hydrogen (secondary N) is 1. The Balaban J connectivity index is 0.000000174. The second-order valence-corrected chi connectivity index (χ2v) is 17.7. The Morgan fingerprint density at radius 3 is 1.51 bits per heavy atom. The number of carboxylic acids is 1. The van der Waals surface area contributed by atoms with E-state index in [4.69, 9.17) is 48.1 Å². The van der Waals surface area contributed by atoms with Crippen LogP contribution in [-0.2, 0) is 10.8 Å². The van der Waals surface area contributed by atoms with Gasteiger partial charge < -0.3 is 25.2 Å². The molecule has 0 saturated heterocycles. The number of benzene rings is 2. The summed E-state index contributed by atoms with van der Waals surface area (Å²) >= 11 is 15.1. The van der Waals surface area contributed by atoms with Gasteiger partial charge in [-0.05, 0) is 48.5 Å². The molecule has 8 aromatic rings. The van der Waals surface area contributed by atoms with Crippen LogP contribution in [0, 0.1) is 13.8 Å². The van der Waals surface area contributed by atoms with Gasteiger partial charge >= 0.3 is 5.97 Å². The molecule has 4 N–H and O–H groups in total. The normalized spacial score (nSPS) is 11.3.